The first-order chi connectivity index (χ1) is 15.0. The number of aromatic nitrogens is 3. The predicted octanol–water partition coefficient (Wildman–Crippen LogP) is 2.75. The van der Waals surface area contributed by atoms with Gasteiger partial charge in [-0.1, -0.05) is 28.9 Å². The first kappa shape index (κ1) is 21.0. The minimum atomic E-state index is -0.486. The fourth-order valence-electron chi connectivity index (χ4n) is 3.59. The van der Waals surface area contributed by atoms with Crippen LogP contribution in [0.2, 0.25) is 5.02 Å². The molecule has 1 N–H and O–H groups in total. The van der Waals surface area contributed by atoms with E-state index in [2.05, 4.69) is 25.2 Å². The third-order valence-electron chi connectivity index (χ3n) is 5.25. The van der Waals surface area contributed by atoms with Crippen molar-refractivity contribution in [2.24, 2.45) is 0 Å². The first-order valence-corrected chi connectivity index (χ1v) is 10.4. The SMILES string of the molecule is Cc1nonc1C(=O)NCC(=O)N1CCC[C@H](c2ncc(Cc3ccc(Cl)cc3)o2)C1. The Morgan fingerprint density at radius 2 is 2.06 bits per heavy atom. The van der Waals surface area contributed by atoms with Crippen LogP contribution in [0, 0.1) is 6.92 Å². The van der Waals surface area contributed by atoms with Gasteiger partial charge in [-0.25, -0.2) is 9.61 Å². The highest BCUT2D eigenvalue weighted by Crippen LogP contribution is 2.27. The van der Waals surface area contributed by atoms with E-state index in [4.69, 9.17) is 16.0 Å². The Morgan fingerprint density at radius 3 is 2.81 bits per heavy atom. The summed E-state index contributed by atoms with van der Waals surface area (Å²) in [6.45, 7) is 2.62. The molecule has 1 aliphatic heterocycles. The molecule has 0 spiro atoms. The van der Waals surface area contributed by atoms with Crippen LogP contribution in [-0.2, 0) is 11.2 Å². The molecule has 3 heterocycles. The van der Waals surface area contributed by atoms with Crippen molar-refractivity contribution in [2.45, 2.75) is 32.1 Å². The van der Waals surface area contributed by atoms with Crippen molar-refractivity contribution in [3.05, 3.63) is 64.1 Å². The van der Waals surface area contributed by atoms with Crippen LogP contribution in [0.15, 0.2) is 39.5 Å². The van der Waals surface area contributed by atoms with Gasteiger partial charge in [-0.2, -0.15) is 0 Å². The number of oxazole rings is 1. The van der Waals surface area contributed by atoms with Gasteiger partial charge in [-0.05, 0) is 42.6 Å². The highest BCUT2D eigenvalue weighted by molar-refractivity contribution is 6.30. The zero-order valence-electron chi connectivity index (χ0n) is 17.0. The second-order valence-electron chi connectivity index (χ2n) is 7.53. The van der Waals surface area contributed by atoms with E-state index in [1.807, 2.05) is 24.3 Å². The summed E-state index contributed by atoms with van der Waals surface area (Å²) in [7, 11) is 0. The Balaban J connectivity index is 1.32. The van der Waals surface area contributed by atoms with E-state index in [-0.39, 0.29) is 24.1 Å². The summed E-state index contributed by atoms with van der Waals surface area (Å²) in [5, 5.41) is 10.4. The molecular weight excluding hydrogens is 422 g/mol. The van der Waals surface area contributed by atoms with E-state index < -0.39 is 5.91 Å². The summed E-state index contributed by atoms with van der Waals surface area (Å²) in [5.41, 5.74) is 1.54. The van der Waals surface area contributed by atoms with E-state index in [9.17, 15) is 9.59 Å². The van der Waals surface area contributed by atoms with Crippen molar-refractivity contribution in [3.8, 4) is 0 Å². The summed E-state index contributed by atoms with van der Waals surface area (Å²) in [6.07, 6.45) is 4.09. The minimum Gasteiger partial charge on any atom is -0.445 e. The van der Waals surface area contributed by atoms with Gasteiger partial charge in [0.2, 0.25) is 5.91 Å². The Morgan fingerprint density at radius 1 is 1.26 bits per heavy atom. The van der Waals surface area contributed by atoms with Gasteiger partial charge in [-0.15, -0.1) is 0 Å². The lowest BCUT2D eigenvalue weighted by molar-refractivity contribution is -0.131. The number of hydrogen-bond acceptors (Lipinski definition) is 7. The number of nitrogens with zero attached hydrogens (tertiary/aromatic N) is 4. The number of carbonyl (C=O) groups is 2. The number of carbonyl (C=O) groups excluding carboxylic acids is 2. The molecule has 9 nitrogen and oxygen atoms in total. The smallest absolute Gasteiger partial charge is 0.275 e. The van der Waals surface area contributed by atoms with Crippen LogP contribution in [0.5, 0.6) is 0 Å². The lowest BCUT2D eigenvalue weighted by Crippen LogP contribution is -2.44. The summed E-state index contributed by atoms with van der Waals surface area (Å²) in [5.74, 6) is 0.772. The zero-order valence-corrected chi connectivity index (χ0v) is 17.8. The molecule has 0 unspecified atom stereocenters. The van der Waals surface area contributed by atoms with Crippen LogP contribution >= 0.6 is 11.6 Å². The van der Waals surface area contributed by atoms with Crippen molar-refractivity contribution in [1.29, 1.82) is 0 Å². The number of likely N-dealkylation sites (tertiary alicyclic amines) is 1. The van der Waals surface area contributed by atoms with Crippen LogP contribution in [-0.4, -0.2) is 51.6 Å². The van der Waals surface area contributed by atoms with Gasteiger partial charge >= 0.3 is 0 Å². The van der Waals surface area contributed by atoms with Crippen LogP contribution < -0.4 is 5.32 Å². The lowest BCUT2D eigenvalue weighted by Gasteiger charge is -2.31. The molecular formula is C21H22ClN5O4. The number of rotatable bonds is 6. The van der Waals surface area contributed by atoms with E-state index in [1.165, 1.54) is 0 Å². The number of piperidine rings is 1. The molecule has 3 aromatic rings. The average Bonchev–Trinajstić information content (AvgIpc) is 3.42. The van der Waals surface area contributed by atoms with Crippen molar-refractivity contribution in [2.75, 3.05) is 19.6 Å². The maximum Gasteiger partial charge on any atom is 0.275 e. The summed E-state index contributed by atoms with van der Waals surface area (Å²) >= 11 is 5.93. The fourth-order valence-corrected chi connectivity index (χ4v) is 3.72. The largest absolute Gasteiger partial charge is 0.445 e. The highest BCUT2D eigenvalue weighted by atomic mass is 35.5. The van der Waals surface area contributed by atoms with Gasteiger partial charge in [0, 0.05) is 24.5 Å². The van der Waals surface area contributed by atoms with Crippen molar-refractivity contribution < 1.29 is 18.6 Å². The first-order valence-electron chi connectivity index (χ1n) is 10.0. The Kier molecular flexibility index (Phi) is 6.31. The summed E-state index contributed by atoms with van der Waals surface area (Å²) in [4.78, 5) is 30.9. The molecule has 1 fully saturated rings. The fraction of sp³-hybridized carbons (Fsp3) is 0.381. The molecule has 4 rings (SSSR count). The number of amides is 2. The second kappa shape index (κ2) is 9.30. The Bertz CT molecular complexity index is 1060. The molecule has 162 valence electrons. The van der Waals surface area contributed by atoms with Crippen LogP contribution in [0.25, 0.3) is 0 Å². The minimum absolute atomic E-state index is 0.0226. The van der Waals surface area contributed by atoms with Crippen molar-refractivity contribution in [3.63, 3.8) is 0 Å². The van der Waals surface area contributed by atoms with Crippen molar-refractivity contribution in [1.82, 2.24) is 25.5 Å². The molecule has 1 aliphatic rings. The zero-order chi connectivity index (χ0) is 21.8. The Hall–Kier alpha value is -3.20. The third-order valence-corrected chi connectivity index (χ3v) is 5.51. The molecule has 1 atom stereocenters. The number of hydrogen-bond donors (Lipinski definition) is 1. The molecule has 2 aromatic heterocycles. The van der Waals surface area contributed by atoms with Crippen LogP contribution in [0.3, 0.4) is 0 Å². The highest BCUT2D eigenvalue weighted by Gasteiger charge is 2.28. The average molecular weight is 444 g/mol. The molecule has 0 aliphatic carbocycles. The molecule has 0 saturated carbocycles. The lowest BCUT2D eigenvalue weighted by atomic mass is 9.98. The van der Waals surface area contributed by atoms with E-state index in [0.717, 1.165) is 24.2 Å². The van der Waals surface area contributed by atoms with Gasteiger partial charge in [0.25, 0.3) is 5.91 Å². The van der Waals surface area contributed by atoms with Gasteiger partial charge in [0.15, 0.2) is 11.6 Å². The van der Waals surface area contributed by atoms with E-state index >= 15 is 0 Å². The molecule has 31 heavy (non-hydrogen) atoms. The Labute approximate surface area is 183 Å². The maximum atomic E-state index is 12.6. The van der Waals surface area contributed by atoms with E-state index in [0.29, 0.717) is 36.1 Å². The second-order valence-corrected chi connectivity index (χ2v) is 7.96. The number of nitrogens with one attached hydrogen (secondary N) is 1. The molecule has 2 amide bonds. The van der Waals surface area contributed by atoms with Gasteiger partial charge < -0.3 is 14.6 Å². The quantitative estimate of drug-likeness (QED) is 0.622. The van der Waals surface area contributed by atoms with Crippen LogP contribution in [0.1, 0.15) is 52.2 Å². The predicted molar refractivity (Wildman–Crippen MR) is 111 cm³/mol. The summed E-state index contributed by atoms with van der Waals surface area (Å²) in [6, 6.07) is 7.60. The monoisotopic (exact) mass is 443 g/mol. The molecule has 0 radical (unpaired) electrons. The number of halogens is 1. The van der Waals surface area contributed by atoms with Gasteiger partial charge in [0.1, 0.15) is 11.5 Å². The molecule has 1 saturated heterocycles. The topological polar surface area (TPSA) is 114 Å². The van der Waals surface area contributed by atoms with Gasteiger partial charge in [0.05, 0.1) is 18.7 Å². The standard InChI is InChI=1S/C21H22ClN5O4/c1-13-19(26-31-25-13)20(29)23-11-18(28)27-8-2-3-15(12-27)21-24-10-17(30-21)9-14-4-6-16(22)7-5-14/h4-7,10,15H,2-3,8-9,11-12H2,1H3,(H,23,29)/t15-/m0/s1. The van der Waals surface area contributed by atoms with Gasteiger partial charge in [-0.3, -0.25) is 9.59 Å². The third kappa shape index (κ3) is 5.11. The van der Waals surface area contributed by atoms with Crippen LogP contribution in [0.4, 0.5) is 0 Å². The van der Waals surface area contributed by atoms with E-state index in [1.54, 1.807) is 18.0 Å². The number of aryl methyl sites for hydroxylation is 1. The number of benzene rings is 1. The van der Waals surface area contributed by atoms with Crippen molar-refractivity contribution >= 4 is 23.4 Å². The summed E-state index contributed by atoms with van der Waals surface area (Å²) < 4.78 is 10.5. The molecule has 10 heteroatoms. The molecule has 0 bridgehead atoms. The maximum absolute atomic E-state index is 12.6. The normalized spacial score (nSPS) is 16.3. The molecule has 1 aromatic carbocycles.